The second kappa shape index (κ2) is 5.20. The number of carbonyl (C=O) groups excluding carboxylic acids is 1. The van der Waals surface area contributed by atoms with Gasteiger partial charge in [-0.15, -0.1) is 0 Å². The number of nitrogen functional groups attached to an aromatic ring is 1. The van der Waals surface area contributed by atoms with Gasteiger partial charge in [-0.25, -0.2) is 4.79 Å². The van der Waals surface area contributed by atoms with Gasteiger partial charge in [-0.2, -0.15) is 0 Å². The van der Waals surface area contributed by atoms with E-state index in [4.69, 9.17) is 23.1 Å². The van der Waals surface area contributed by atoms with Gasteiger partial charge in [-0.1, -0.05) is 29.8 Å². The predicted molar refractivity (Wildman–Crippen MR) is 78.8 cm³/mol. The number of aryl methyl sites for hydroxylation is 1. The zero-order valence-corrected chi connectivity index (χ0v) is 11.2. The maximum atomic E-state index is 11.7. The van der Waals surface area contributed by atoms with Crippen molar-refractivity contribution < 1.29 is 4.79 Å². The third-order valence-electron chi connectivity index (χ3n) is 2.79. The third kappa shape index (κ3) is 2.63. The first-order chi connectivity index (χ1) is 9.00. The van der Waals surface area contributed by atoms with Crippen LogP contribution < -0.4 is 16.4 Å². The van der Waals surface area contributed by atoms with Crippen molar-refractivity contribution in [3.05, 3.63) is 53.1 Å². The number of amides is 2. The lowest BCUT2D eigenvalue weighted by Gasteiger charge is -2.23. The first kappa shape index (κ1) is 13.2. The van der Waals surface area contributed by atoms with Crippen LogP contribution in [0.3, 0.4) is 0 Å². The van der Waals surface area contributed by atoms with Gasteiger partial charge in [0.1, 0.15) is 0 Å². The minimum atomic E-state index is -0.596. The van der Waals surface area contributed by atoms with Gasteiger partial charge in [-0.05, 0) is 36.8 Å². The van der Waals surface area contributed by atoms with Crippen molar-refractivity contribution in [1.82, 2.24) is 0 Å². The number of halogens is 1. The number of para-hydroxylation sites is 1. The van der Waals surface area contributed by atoms with E-state index in [1.165, 1.54) is 4.90 Å². The van der Waals surface area contributed by atoms with Crippen molar-refractivity contribution in [1.29, 1.82) is 0 Å². The molecular weight excluding hydrogens is 262 g/mol. The van der Waals surface area contributed by atoms with Crippen molar-refractivity contribution in [2.45, 2.75) is 6.92 Å². The van der Waals surface area contributed by atoms with Crippen LogP contribution in [-0.4, -0.2) is 6.03 Å². The van der Waals surface area contributed by atoms with Crippen LogP contribution in [0.1, 0.15) is 5.56 Å². The quantitative estimate of drug-likeness (QED) is 0.824. The number of carbonyl (C=O) groups is 1. The smallest absolute Gasteiger partial charge is 0.323 e. The lowest BCUT2D eigenvalue weighted by atomic mass is 10.1. The summed E-state index contributed by atoms with van der Waals surface area (Å²) in [7, 11) is 0. The highest BCUT2D eigenvalue weighted by molar-refractivity contribution is 6.34. The van der Waals surface area contributed by atoms with Crippen LogP contribution in [0.15, 0.2) is 42.5 Å². The number of benzene rings is 2. The highest BCUT2D eigenvalue weighted by Crippen LogP contribution is 2.34. The summed E-state index contributed by atoms with van der Waals surface area (Å²) in [6.45, 7) is 1.90. The summed E-state index contributed by atoms with van der Waals surface area (Å²) in [5, 5.41) is 0.377. The Labute approximate surface area is 116 Å². The lowest BCUT2D eigenvalue weighted by Crippen LogP contribution is -2.32. The minimum absolute atomic E-state index is 0.377. The SMILES string of the molecule is Cc1ccccc1N(C(N)=O)c1ccc(N)cc1Cl. The molecule has 2 aromatic rings. The summed E-state index contributed by atoms with van der Waals surface area (Å²) in [5.74, 6) is 0. The molecule has 4 nitrogen and oxygen atoms in total. The summed E-state index contributed by atoms with van der Waals surface area (Å²) in [6, 6.07) is 11.8. The van der Waals surface area contributed by atoms with Gasteiger partial charge in [0.05, 0.1) is 16.4 Å². The first-order valence-electron chi connectivity index (χ1n) is 5.71. The largest absolute Gasteiger partial charge is 0.399 e. The van der Waals surface area contributed by atoms with E-state index < -0.39 is 6.03 Å². The average Bonchev–Trinajstić information content (AvgIpc) is 2.34. The maximum absolute atomic E-state index is 11.7. The normalized spacial score (nSPS) is 10.2. The Kier molecular flexibility index (Phi) is 3.62. The molecule has 2 rings (SSSR count). The third-order valence-corrected chi connectivity index (χ3v) is 3.09. The molecule has 0 radical (unpaired) electrons. The Hall–Kier alpha value is -2.20. The summed E-state index contributed by atoms with van der Waals surface area (Å²) in [5.41, 5.74) is 13.8. The highest BCUT2D eigenvalue weighted by Gasteiger charge is 2.19. The number of anilines is 3. The number of hydrogen-bond acceptors (Lipinski definition) is 2. The molecule has 0 unspecified atom stereocenters. The van der Waals surface area contributed by atoms with E-state index in [1.807, 2.05) is 31.2 Å². The van der Waals surface area contributed by atoms with Crippen molar-refractivity contribution in [2.75, 3.05) is 10.6 Å². The zero-order chi connectivity index (χ0) is 14.0. The Balaban J connectivity index is 2.59. The van der Waals surface area contributed by atoms with Gasteiger partial charge in [-0.3, -0.25) is 4.90 Å². The van der Waals surface area contributed by atoms with E-state index in [-0.39, 0.29) is 0 Å². The number of rotatable bonds is 2. The van der Waals surface area contributed by atoms with Crippen molar-refractivity contribution >= 4 is 34.7 Å². The van der Waals surface area contributed by atoms with Gasteiger partial charge in [0.2, 0.25) is 0 Å². The maximum Gasteiger partial charge on any atom is 0.323 e. The second-order valence-electron chi connectivity index (χ2n) is 4.17. The minimum Gasteiger partial charge on any atom is -0.399 e. The second-order valence-corrected chi connectivity index (χ2v) is 4.58. The predicted octanol–water partition coefficient (Wildman–Crippen LogP) is 3.45. The van der Waals surface area contributed by atoms with Crippen LogP contribution in [0.5, 0.6) is 0 Å². The Morgan fingerprint density at radius 3 is 2.42 bits per heavy atom. The Bertz CT molecular complexity index is 628. The van der Waals surface area contributed by atoms with Crippen LogP contribution >= 0.6 is 11.6 Å². The Morgan fingerprint density at radius 2 is 1.84 bits per heavy atom. The number of primary amides is 1. The fraction of sp³-hybridized carbons (Fsp3) is 0.0714. The molecule has 0 fully saturated rings. The van der Waals surface area contributed by atoms with Gasteiger partial charge in [0.15, 0.2) is 0 Å². The first-order valence-corrected chi connectivity index (χ1v) is 6.08. The molecule has 19 heavy (non-hydrogen) atoms. The molecule has 0 aliphatic rings. The fourth-order valence-corrected chi connectivity index (χ4v) is 2.16. The molecule has 0 aliphatic carbocycles. The summed E-state index contributed by atoms with van der Waals surface area (Å²) in [6.07, 6.45) is 0. The molecule has 0 aromatic heterocycles. The molecule has 0 atom stereocenters. The number of hydrogen-bond donors (Lipinski definition) is 2. The van der Waals surface area contributed by atoms with E-state index in [0.29, 0.717) is 22.1 Å². The van der Waals surface area contributed by atoms with E-state index in [2.05, 4.69) is 0 Å². The standard InChI is InChI=1S/C14H14ClN3O/c1-9-4-2-3-5-12(9)18(14(17)19)13-7-6-10(16)8-11(13)15/h2-8H,16H2,1H3,(H2,17,19). The van der Waals surface area contributed by atoms with E-state index in [0.717, 1.165) is 5.56 Å². The molecule has 0 aliphatic heterocycles. The highest BCUT2D eigenvalue weighted by atomic mass is 35.5. The average molecular weight is 276 g/mol. The van der Waals surface area contributed by atoms with Crippen LogP contribution in [0.2, 0.25) is 5.02 Å². The topological polar surface area (TPSA) is 72.3 Å². The number of nitrogens with zero attached hydrogens (tertiary/aromatic N) is 1. The van der Waals surface area contributed by atoms with Gasteiger partial charge >= 0.3 is 6.03 Å². The van der Waals surface area contributed by atoms with Crippen LogP contribution in [0.4, 0.5) is 21.9 Å². The molecule has 0 spiro atoms. The number of nitrogens with two attached hydrogens (primary N) is 2. The molecule has 0 saturated carbocycles. The fourth-order valence-electron chi connectivity index (χ4n) is 1.89. The van der Waals surface area contributed by atoms with Crippen molar-refractivity contribution in [3.8, 4) is 0 Å². The van der Waals surface area contributed by atoms with Crippen molar-refractivity contribution in [3.63, 3.8) is 0 Å². The molecule has 0 bridgehead atoms. The van der Waals surface area contributed by atoms with E-state index in [1.54, 1.807) is 18.2 Å². The molecule has 5 heteroatoms. The summed E-state index contributed by atoms with van der Waals surface area (Å²) >= 11 is 6.14. The van der Waals surface area contributed by atoms with Crippen molar-refractivity contribution in [2.24, 2.45) is 5.73 Å². The van der Waals surface area contributed by atoms with Gasteiger partial charge < -0.3 is 11.5 Å². The van der Waals surface area contributed by atoms with Crippen LogP contribution in [0, 0.1) is 6.92 Å². The molecule has 2 amide bonds. The molecule has 0 heterocycles. The lowest BCUT2D eigenvalue weighted by molar-refractivity contribution is 0.256. The monoisotopic (exact) mass is 275 g/mol. The molecular formula is C14H14ClN3O. The van der Waals surface area contributed by atoms with E-state index in [9.17, 15) is 4.79 Å². The molecule has 2 aromatic carbocycles. The van der Waals surface area contributed by atoms with Gasteiger partial charge in [0, 0.05) is 5.69 Å². The summed E-state index contributed by atoms with van der Waals surface area (Å²) in [4.78, 5) is 13.1. The van der Waals surface area contributed by atoms with Crippen LogP contribution in [0.25, 0.3) is 0 Å². The summed E-state index contributed by atoms with van der Waals surface area (Å²) < 4.78 is 0. The van der Waals surface area contributed by atoms with E-state index >= 15 is 0 Å². The number of urea groups is 1. The van der Waals surface area contributed by atoms with Crippen LogP contribution in [-0.2, 0) is 0 Å². The zero-order valence-electron chi connectivity index (χ0n) is 10.4. The Morgan fingerprint density at radius 1 is 1.16 bits per heavy atom. The van der Waals surface area contributed by atoms with Gasteiger partial charge in [0.25, 0.3) is 0 Å². The molecule has 98 valence electrons. The molecule has 0 saturated heterocycles. The molecule has 4 N–H and O–H groups in total.